The molecule has 0 spiro atoms. The van der Waals surface area contributed by atoms with Crippen molar-refractivity contribution in [3.05, 3.63) is 46.8 Å². The van der Waals surface area contributed by atoms with Crippen LogP contribution < -0.4 is 10.2 Å². The van der Waals surface area contributed by atoms with Crippen molar-refractivity contribution >= 4 is 5.91 Å². The Morgan fingerprint density at radius 2 is 1.73 bits per heavy atom. The number of rotatable bonds is 7. The van der Waals surface area contributed by atoms with Crippen LogP contribution in [0.15, 0.2) is 24.3 Å². The van der Waals surface area contributed by atoms with Gasteiger partial charge in [-0.15, -0.1) is 0 Å². The number of aromatic nitrogens is 2. The van der Waals surface area contributed by atoms with Crippen LogP contribution in [0.2, 0.25) is 0 Å². The summed E-state index contributed by atoms with van der Waals surface area (Å²) in [6.07, 6.45) is 0. The molecule has 2 N–H and O–H groups in total. The van der Waals surface area contributed by atoms with Crippen molar-refractivity contribution in [3.8, 4) is 5.69 Å². The van der Waals surface area contributed by atoms with Crippen LogP contribution in [-0.2, 0) is 0 Å². The summed E-state index contributed by atoms with van der Waals surface area (Å²) in [5.74, 6) is 0.355. The maximum absolute atomic E-state index is 13.0. The molecule has 0 aliphatic carbocycles. The van der Waals surface area contributed by atoms with Crippen LogP contribution in [0.3, 0.4) is 0 Å². The molecule has 2 rings (SSSR count). The van der Waals surface area contributed by atoms with E-state index in [0.29, 0.717) is 6.54 Å². The zero-order chi connectivity index (χ0) is 19.4. The van der Waals surface area contributed by atoms with Gasteiger partial charge in [-0.1, -0.05) is 45.4 Å². The average Bonchev–Trinajstić information content (AvgIpc) is 2.96. The highest BCUT2D eigenvalue weighted by molar-refractivity contribution is 5.97. The number of likely N-dealkylation sites (N-methyl/N-ethyl adjacent to an activating group) is 1. The highest BCUT2D eigenvalue weighted by Gasteiger charge is 2.27. The summed E-state index contributed by atoms with van der Waals surface area (Å²) in [6, 6.07) is 8.29. The molecule has 26 heavy (non-hydrogen) atoms. The lowest BCUT2D eigenvalue weighted by molar-refractivity contribution is -0.856. The molecule has 0 bridgehead atoms. The summed E-state index contributed by atoms with van der Waals surface area (Å²) in [6.45, 7) is 12.0. The van der Waals surface area contributed by atoms with Gasteiger partial charge in [0.05, 0.1) is 49.8 Å². The van der Waals surface area contributed by atoms with Crippen molar-refractivity contribution in [1.82, 2.24) is 15.1 Å². The summed E-state index contributed by atoms with van der Waals surface area (Å²) in [7, 11) is 4.17. The topological polar surface area (TPSA) is 51.4 Å². The first-order valence-electron chi connectivity index (χ1n) is 9.49. The second kappa shape index (κ2) is 8.49. The molecule has 5 heteroatoms. The van der Waals surface area contributed by atoms with Crippen LogP contribution in [0.5, 0.6) is 0 Å². The minimum atomic E-state index is -0.0167. The minimum Gasteiger partial charge on any atom is -0.346 e. The summed E-state index contributed by atoms with van der Waals surface area (Å²) in [5.41, 5.74) is 4.79. The van der Waals surface area contributed by atoms with Crippen LogP contribution in [0.4, 0.5) is 0 Å². The van der Waals surface area contributed by atoms with Crippen molar-refractivity contribution in [3.63, 3.8) is 0 Å². The zero-order valence-electron chi connectivity index (χ0n) is 17.2. The molecular weight excluding hydrogens is 324 g/mol. The monoisotopic (exact) mass is 357 g/mol. The summed E-state index contributed by atoms with van der Waals surface area (Å²) in [5, 5.41) is 7.93. The third-order valence-corrected chi connectivity index (χ3v) is 4.46. The molecule has 0 fully saturated rings. The molecule has 5 nitrogen and oxygen atoms in total. The lowest BCUT2D eigenvalue weighted by Crippen LogP contribution is -3.06. The molecule has 0 unspecified atom stereocenters. The number of carbonyl (C=O) groups excluding carboxylic acids is 1. The predicted molar refractivity (Wildman–Crippen MR) is 106 cm³/mol. The predicted octanol–water partition coefficient (Wildman–Crippen LogP) is 2.30. The van der Waals surface area contributed by atoms with E-state index in [-0.39, 0.29) is 17.7 Å². The van der Waals surface area contributed by atoms with Gasteiger partial charge < -0.3 is 10.2 Å². The fraction of sp³-hybridized carbons (Fsp3) is 0.524. The SMILES string of the molecule is Cc1ccc(-n2nc(C(C)C)c(C(=O)NCC[NH+](C)C)c2C(C)C)cc1. The van der Waals surface area contributed by atoms with E-state index in [1.54, 1.807) is 0 Å². The van der Waals surface area contributed by atoms with Crippen LogP contribution in [-0.4, -0.2) is 42.9 Å². The number of nitrogens with one attached hydrogen (secondary N) is 2. The first kappa shape index (κ1) is 20.2. The molecule has 1 aromatic heterocycles. The quantitative estimate of drug-likeness (QED) is 0.799. The van der Waals surface area contributed by atoms with E-state index in [1.807, 2.05) is 4.68 Å². The number of aryl methyl sites for hydroxylation is 1. The Kier molecular flexibility index (Phi) is 6.59. The Morgan fingerprint density at radius 1 is 1.12 bits per heavy atom. The zero-order valence-corrected chi connectivity index (χ0v) is 17.2. The number of hydrogen-bond donors (Lipinski definition) is 2. The number of nitrogens with zero attached hydrogens (tertiary/aromatic N) is 2. The Hall–Kier alpha value is -2.14. The van der Waals surface area contributed by atoms with Crippen molar-refractivity contribution < 1.29 is 9.69 Å². The molecular formula is C21H33N4O+. The van der Waals surface area contributed by atoms with Gasteiger partial charge in [-0.25, -0.2) is 4.68 Å². The molecule has 0 radical (unpaired) electrons. The largest absolute Gasteiger partial charge is 0.346 e. The van der Waals surface area contributed by atoms with E-state index >= 15 is 0 Å². The van der Waals surface area contributed by atoms with Gasteiger partial charge in [-0.2, -0.15) is 5.10 Å². The number of quaternary nitrogens is 1. The Balaban J connectivity index is 2.51. The van der Waals surface area contributed by atoms with Crippen molar-refractivity contribution in [2.75, 3.05) is 27.2 Å². The third kappa shape index (κ3) is 4.52. The van der Waals surface area contributed by atoms with Gasteiger partial charge in [0, 0.05) is 0 Å². The van der Waals surface area contributed by atoms with Crippen molar-refractivity contribution in [1.29, 1.82) is 0 Å². The minimum absolute atomic E-state index is 0.0167. The number of hydrogen-bond acceptors (Lipinski definition) is 2. The van der Waals surface area contributed by atoms with Crippen LogP contribution in [0.25, 0.3) is 5.69 Å². The molecule has 2 aromatic rings. The Labute approximate surface area is 157 Å². The van der Waals surface area contributed by atoms with Gasteiger partial charge in [0.15, 0.2) is 0 Å². The standard InChI is InChI=1S/C21H32N4O/c1-14(2)19-18(21(26)22-12-13-24(6)7)20(15(3)4)25(23-19)17-10-8-16(5)9-11-17/h8-11,14-15H,12-13H2,1-7H3,(H,22,26)/p+1. The van der Waals surface area contributed by atoms with Crippen LogP contribution >= 0.6 is 0 Å². The van der Waals surface area contributed by atoms with Crippen LogP contribution in [0.1, 0.15) is 66.8 Å². The summed E-state index contributed by atoms with van der Waals surface area (Å²) >= 11 is 0. The van der Waals surface area contributed by atoms with Gasteiger partial charge >= 0.3 is 0 Å². The average molecular weight is 358 g/mol. The van der Waals surface area contributed by atoms with E-state index in [2.05, 4.69) is 78.3 Å². The number of carbonyl (C=O) groups is 1. The van der Waals surface area contributed by atoms with Gasteiger partial charge in [0.2, 0.25) is 0 Å². The van der Waals surface area contributed by atoms with Gasteiger partial charge in [-0.05, 0) is 30.9 Å². The van der Waals surface area contributed by atoms with E-state index in [1.165, 1.54) is 10.5 Å². The van der Waals surface area contributed by atoms with E-state index in [0.717, 1.165) is 29.2 Å². The molecule has 0 saturated carbocycles. The summed E-state index contributed by atoms with van der Waals surface area (Å²) in [4.78, 5) is 14.3. The van der Waals surface area contributed by atoms with E-state index < -0.39 is 0 Å². The number of amides is 1. The molecule has 0 aliphatic heterocycles. The second-order valence-electron chi connectivity index (χ2n) is 7.92. The van der Waals surface area contributed by atoms with Crippen molar-refractivity contribution in [2.24, 2.45) is 0 Å². The molecule has 0 aliphatic rings. The fourth-order valence-electron chi connectivity index (χ4n) is 3.02. The lowest BCUT2D eigenvalue weighted by Gasteiger charge is -2.14. The smallest absolute Gasteiger partial charge is 0.255 e. The fourth-order valence-corrected chi connectivity index (χ4v) is 3.02. The maximum atomic E-state index is 13.0. The van der Waals surface area contributed by atoms with Gasteiger partial charge in [0.1, 0.15) is 0 Å². The van der Waals surface area contributed by atoms with E-state index in [4.69, 9.17) is 5.10 Å². The van der Waals surface area contributed by atoms with Gasteiger partial charge in [0.25, 0.3) is 5.91 Å². The van der Waals surface area contributed by atoms with Crippen LogP contribution in [0, 0.1) is 6.92 Å². The van der Waals surface area contributed by atoms with E-state index in [9.17, 15) is 4.79 Å². The Morgan fingerprint density at radius 3 is 2.23 bits per heavy atom. The number of benzene rings is 1. The Bertz CT molecular complexity index is 742. The first-order chi connectivity index (χ1) is 12.2. The second-order valence-corrected chi connectivity index (χ2v) is 7.92. The molecule has 0 saturated heterocycles. The molecule has 1 aromatic carbocycles. The maximum Gasteiger partial charge on any atom is 0.255 e. The first-order valence-corrected chi connectivity index (χ1v) is 9.49. The normalized spacial score (nSPS) is 11.6. The lowest BCUT2D eigenvalue weighted by atomic mass is 9.98. The molecule has 1 heterocycles. The highest BCUT2D eigenvalue weighted by atomic mass is 16.1. The molecule has 1 amide bonds. The van der Waals surface area contributed by atoms with Crippen molar-refractivity contribution in [2.45, 2.75) is 46.5 Å². The third-order valence-electron chi connectivity index (χ3n) is 4.46. The molecule has 142 valence electrons. The molecule has 0 atom stereocenters. The highest BCUT2D eigenvalue weighted by Crippen LogP contribution is 2.29. The van der Waals surface area contributed by atoms with Gasteiger partial charge in [-0.3, -0.25) is 4.79 Å². The summed E-state index contributed by atoms with van der Waals surface area (Å²) < 4.78 is 1.95.